The molecule has 2 heterocycles. The summed E-state index contributed by atoms with van der Waals surface area (Å²) in [5, 5.41) is 12.2. The van der Waals surface area contributed by atoms with Crippen molar-refractivity contribution in [1.29, 1.82) is 0 Å². The third-order valence-electron chi connectivity index (χ3n) is 4.96. The van der Waals surface area contributed by atoms with E-state index >= 15 is 0 Å². The van der Waals surface area contributed by atoms with Gasteiger partial charge in [0.25, 0.3) is 0 Å². The highest BCUT2D eigenvalue weighted by molar-refractivity contribution is 6.29. The molecule has 0 saturated carbocycles. The van der Waals surface area contributed by atoms with E-state index in [0.717, 1.165) is 16.5 Å². The number of hydrogen-bond donors (Lipinski definition) is 1. The second kappa shape index (κ2) is 9.15. The average Bonchev–Trinajstić information content (AvgIpc) is 3.17. The van der Waals surface area contributed by atoms with Crippen LogP contribution in [0.5, 0.6) is 17.2 Å². The number of rotatable bonds is 7. The molecule has 32 heavy (non-hydrogen) atoms. The Hall–Kier alpha value is -3.78. The van der Waals surface area contributed by atoms with Crippen LogP contribution < -0.4 is 19.5 Å². The van der Waals surface area contributed by atoms with Gasteiger partial charge < -0.3 is 19.5 Å². The van der Waals surface area contributed by atoms with Gasteiger partial charge in [-0.25, -0.2) is 0 Å². The minimum absolute atomic E-state index is 0.158. The summed E-state index contributed by atoms with van der Waals surface area (Å²) in [6, 6.07) is 14.6. The largest absolute Gasteiger partial charge is 0.493 e. The molecule has 4 aromatic rings. The second-order valence-electron chi connectivity index (χ2n) is 6.89. The van der Waals surface area contributed by atoms with Crippen LogP contribution in [-0.4, -0.2) is 42.0 Å². The quantitative estimate of drug-likeness (QED) is 0.450. The predicted molar refractivity (Wildman–Crippen MR) is 122 cm³/mol. The third-order valence-corrected chi connectivity index (χ3v) is 5.16. The van der Waals surface area contributed by atoms with E-state index in [-0.39, 0.29) is 12.3 Å². The Morgan fingerprint density at radius 3 is 2.34 bits per heavy atom. The van der Waals surface area contributed by atoms with E-state index < -0.39 is 0 Å². The Balaban J connectivity index is 1.63. The van der Waals surface area contributed by atoms with Crippen LogP contribution in [0.2, 0.25) is 5.15 Å². The van der Waals surface area contributed by atoms with Crippen LogP contribution >= 0.6 is 11.6 Å². The first kappa shape index (κ1) is 21.5. The summed E-state index contributed by atoms with van der Waals surface area (Å²) in [4.78, 5) is 12.9. The molecule has 2 aromatic heterocycles. The number of benzene rings is 2. The van der Waals surface area contributed by atoms with Crippen molar-refractivity contribution >= 4 is 34.1 Å². The average molecular weight is 453 g/mol. The summed E-state index contributed by atoms with van der Waals surface area (Å²) in [5.74, 6) is 1.80. The molecule has 0 aliphatic carbocycles. The van der Waals surface area contributed by atoms with E-state index in [4.69, 9.17) is 25.8 Å². The molecule has 2 aromatic carbocycles. The van der Waals surface area contributed by atoms with Gasteiger partial charge in [-0.3, -0.25) is 9.36 Å². The number of amides is 1. The lowest BCUT2D eigenvalue weighted by molar-refractivity contribution is -0.115. The van der Waals surface area contributed by atoms with Crippen molar-refractivity contribution in [3.8, 4) is 23.1 Å². The number of fused-ring (bicyclic) bond motifs is 1. The molecule has 0 bridgehead atoms. The standard InChI is InChI=1S/C23H21ClN4O4/c1-30-18-11-15(12-19(31-2)23(18)32-3)25-22(29)10-14-13-28(17-7-5-4-6-16(14)17)21-9-8-20(24)26-27-21/h4-9,11-13H,10H2,1-3H3,(H,25,29). The van der Waals surface area contributed by atoms with Gasteiger partial charge in [0.2, 0.25) is 11.7 Å². The van der Waals surface area contributed by atoms with Gasteiger partial charge >= 0.3 is 0 Å². The fourth-order valence-corrected chi connectivity index (χ4v) is 3.65. The molecule has 8 nitrogen and oxygen atoms in total. The van der Waals surface area contributed by atoms with Crippen LogP contribution in [0.15, 0.2) is 54.7 Å². The SMILES string of the molecule is COc1cc(NC(=O)Cc2cn(-c3ccc(Cl)nn3)c3ccccc23)cc(OC)c1OC. The molecule has 0 atom stereocenters. The Kier molecular flexibility index (Phi) is 6.13. The van der Waals surface area contributed by atoms with Gasteiger partial charge in [-0.1, -0.05) is 29.8 Å². The minimum Gasteiger partial charge on any atom is -0.493 e. The molecular formula is C23H21ClN4O4. The Morgan fingerprint density at radius 1 is 1.00 bits per heavy atom. The number of nitrogens with zero attached hydrogens (tertiary/aromatic N) is 3. The van der Waals surface area contributed by atoms with E-state index in [0.29, 0.717) is 33.9 Å². The van der Waals surface area contributed by atoms with E-state index in [9.17, 15) is 4.79 Å². The van der Waals surface area contributed by atoms with Gasteiger partial charge in [-0.15, -0.1) is 10.2 Å². The van der Waals surface area contributed by atoms with Crippen molar-refractivity contribution in [2.45, 2.75) is 6.42 Å². The number of aromatic nitrogens is 3. The molecule has 9 heteroatoms. The Bertz CT molecular complexity index is 1250. The molecule has 0 unspecified atom stereocenters. The minimum atomic E-state index is -0.190. The van der Waals surface area contributed by atoms with Gasteiger partial charge in [0, 0.05) is 29.4 Å². The van der Waals surface area contributed by atoms with Gasteiger partial charge in [-0.05, 0) is 23.8 Å². The highest BCUT2D eigenvalue weighted by Gasteiger charge is 2.17. The van der Waals surface area contributed by atoms with Gasteiger partial charge in [0.15, 0.2) is 22.5 Å². The van der Waals surface area contributed by atoms with E-state index in [1.165, 1.54) is 21.3 Å². The number of carbonyl (C=O) groups excluding carboxylic acids is 1. The summed E-state index contributed by atoms with van der Waals surface area (Å²) in [6.07, 6.45) is 2.04. The molecule has 0 saturated heterocycles. The lowest BCUT2D eigenvalue weighted by Gasteiger charge is -2.14. The number of carbonyl (C=O) groups is 1. The summed E-state index contributed by atoms with van der Waals surface area (Å²) in [5.41, 5.74) is 2.30. The highest BCUT2D eigenvalue weighted by Crippen LogP contribution is 2.40. The maximum Gasteiger partial charge on any atom is 0.228 e. The lowest BCUT2D eigenvalue weighted by Crippen LogP contribution is -2.14. The number of hydrogen-bond acceptors (Lipinski definition) is 6. The number of para-hydroxylation sites is 1. The zero-order valence-corrected chi connectivity index (χ0v) is 18.5. The van der Waals surface area contributed by atoms with Crippen LogP contribution in [0.1, 0.15) is 5.56 Å². The zero-order chi connectivity index (χ0) is 22.7. The summed E-state index contributed by atoms with van der Waals surface area (Å²) in [7, 11) is 4.58. The van der Waals surface area contributed by atoms with Crippen molar-refractivity contribution in [2.75, 3.05) is 26.6 Å². The van der Waals surface area contributed by atoms with Crippen molar-refractivity contribution in [3.05, 3.63) is 65.4 Å². The Morgan fingerprint density at radius 2 is 1.72 bits per heavy atom. The first-order chi connectivity index (χ1) is 15.5. The van der Waals surface area contributed by atoms with Crippen LogP contribution in [-0.2, 0) is 11.2 Å². The summed E-state index contributed by atoms with van der Waals surface area (Å²) >= 11 is 5.87. The normalized spacial score (nSPS) is 10.8. The van der Waals surface area contributed by atoms with Crippen LogP contribution in [0.4, 0.5) is 5.69 Å². The topological polar surface area (TPSA) is 87.5 Å². The molecule has 4 rings (SSSR count). The number of methoxy groups -OCH3 is 3. The summed E-state index contributed by atoms with van der Waals surface area (Å²) in [6.45, 7) is 0. The maximum absolute atomic E-state index is 12.9. The molecule has 1 amide bonds. The zero-order valence-electron chi connectivity index (χ0n) is 17.8. The number of nitrogens with one attached hydrogen (secondary N) is 1. The lowest BCUT2D eigenvalue weighted by atomic mass is 10.1. The van der Waals surface area contributed by atoms with Gasteiger partial charge in [-0.2, -0.15) is 0 Å². The molecule has 0 aliphatic heterocycles. The summed E-state index contributed by atoms with van der Waals surface area (Å²) < 4.78 is 17.9. The Labute approximate surface area is 189 Å². The molecule has 0 spiro atoms. The smallest absolute Gasteiger partial charge is 0.228 e. The first-order valence-electron chi connectivity index (χ1n) is 9.72. The molecular weight excluding hydrogens is 432 g/mol. The maximum atomic E-state index is 12.9. The van der Waals surface area contributed by atoms with E-state index in [2.05, 4.69) is 15.5 Å². The fraction of sp³-hybridized carbons (Fsp3) is 0.174. The number of halogens is 1. The predicted octanol–water partition coefficient (Wildman–Crippen LogP) is 4.28. The van der Waals surface area contributed by atoms with Crippen LogP contribution in [0.3, 0.4) is 0 Å². The molecule has 164 valence electrons. The fourth-order valence-electron chi connectivity index (χ4n) is 3.55. The van der Waals surface area contributed by atoms with E-state index in [1.54, 1.807) is 24.3 Å². The van der Waals surface area contributed by atoms with Crippen molar-refractivity contribution < 1.29 is 19.0 Å². The number of anilines is 1. The third kappa shape index (κ3) is 4.17. The highest BCUT2D eigenvalue weighted by atomic mass is 35.5. The number of ether oxygens (including phenoxy) is 3. The molecule has 0 radical (unpaired) electrons. The van der Waals surface area contributed by atoms with Crippen LogP contribution in [0.25, 0.3) is 16.7 Å². The molecule has 1 N–H and O–H groups in total. The van der Waals surface area contributed by atoms with Crippen molar-refractivity contribution in [3.63, 3.8) is 0 Å². The van der Waals surface area contributed by atoms with Crippen LogP contribution in [0, 0.1) is 0 Å². The van der Waals surface area contributed by atoms with Gasteiger partial charge in [0.05, 0.1) is 33.3 Å². The monoisotopic (exact) mass is 452 g/mol. The van der Waals surface area contributed by atoms with E-state index in [1.807, 2.05) is 35.0 Å². The second-order valence-corrected chi connectivity index (χ2v) is 7.28. The van der Waals surface area contributed by atoms with Gasteiger partial charge in [0.1, 0.15) is 0 Å². The molecule has 0 fully saturated rings. The van der Waals surface area contributed by atoms with Crippen molar-refractivity contribution in [1.82, 2.24) is 14.8 Å². The van der Waals surface area contributed by atoms with Crippen molar-refractivity contribution in [2.24, 2.45) is 0 Å². The first-order valence-corrected chi connectivity index (χ1v) is 10.1. The molecule has 0 aliphatic rings.